The Morgan fingerprint density at radius 2 is 0.654 bits per heavy atom. The van der Waals surface area contributed by atoms with Gasteiger partial charge < -0.3 is 35.7 Å². The average molecular weight is 739 g/mol. The van der Waals surface area contributed by atoms with Crippen LogP contribution in [0.2, 0.25) is 0 Å². The summed E-state index contributed by atoms with van der Waals surface area (Å²) in [5.41, 5.74) is -1.10. The van der Waals surface area contributed by atoms with Gasteiger partial charge in [0, 0.05) is 0 Å². The highest BCUT2D eigenvalue weighted by Crippen LogP contribution is 2.32. The van der Waals surface area contributed by atoms with Crippen molar-refractivity contribution in [3.63, 3.8) is 0 Å². The molecule has 0 radical (unpaired) electrons. The van der Waals surface area contributed by atoms with Crippen LogP contribution in [0.3, 0.4) is 0 Å². The number of hydrogen-bond donors (Lipinski definition) is 7. The fourth-order valence-corrected chi connectivity index (χ4v) is 7.33. The Labute approximate surface area is 320 Å². The van der Waals surface area contributed by atoms with Crippen LogP contribution >= 0.6 is 0 Å². The maximum Gasteiger partial charge on any atom is 0.0622 e. The molecule has 7 N–H and O–H groups in total. The zero-order valence-corrected chi connectivity index (χ0v) is 35.6. The lowest BCUT2D eigenvalue weighted by Crippen LogP contribution is -2.31. The number of aliphatic hydroxyl groups is 7. The third-order valence-electron chi connectivity index (χ3n) is 11.1. The van der Waals surface area contributed by atoms with Gasteiger partial charge in [-0.1, -0.05) is 34.9 Å². The minimum absolute atomic E-state index is 0.0920. The van der Waals surface area contributed by atoms with Gasteiger partial charge in [0.1, 0.15) is 0 Å². The lowest BCUT2D eigenvalue weighted by atomic mass is 9.83. The average Bonchev–Trinajstić information content (AvgIpc) is 2.95. The van der Waals surface area contributed by atoms with Gasteiger partial charge in [-0.15, -0.1) is 0 Å². The monoisotopic (exact) mass is 739 g/mol. The molecule has 0 aliphatic rings. The van der Waals surface area contributed by atoms with E-state index in [9.17, 15) is 30.6 Å². The van der Waals surface area contributed by atoms with Gasteiger partial charge in [-0.05, 0) is 210 Å². The molecule has 0 heterocycles. The Hall–Kier alpha value is -1.06. The lowest BCUT2D eigenvalue weighted by Gasteiger charge is -2.30. The van der Waals surface area contributed by atoms with Crippen molar-refractivity contribution in [3.8, 4) is 0 Å². The summed E-state index contributed by atoms with van der Waals surface area (Å²) in [5, 5.41) is 74.5. The normalized spacial score (nSPS) is 19.9. The minimum Gasteiger partial charge on any atom is -0.392 e. The molecule has 0 aromatic heterocycles. The summed E-state index contributed by atoms with van der Waals surface area (Å²) in [6, 6.07) is 0. The first-order valence-electron chi connectivity index (χ1n) is 20.7. The first-order chi connectivity index (χ1) is 23.8. The van der Waals surface area contributed by atoms with Crippen molar-refractivity contribution in [2.24, 2.45) is 0 Å². The van der Waals surface area contributed by atoms with Crippen molar-refractivity contribution in [2.75, 3.05) is 6.61 Å². The smallest absolute Gasteiger partial charge is 0.0622 e. The zero-order valence-electron chi connectivity index (χ0n) is 35.6. The molecule has 0 aliphatic carbocycles. The van der Waals surface area contributed by atoms with Crippen molar-refractivity contribution in [1.82, 2.24) is 0 Å². The van der Waals surface area contributed by atoms with E-state index in [4.69, 9.17) is 5.11 Å². The number of allylic oxidation sites excluding steroid dienone is 5. The van der Waals surface area contributed by atoms with Gasteiger partial charge in [-0.2, -0.15) is 0 Å². The Morgan fingerprint density at radius 1 is 0.365 bits per heavy atom. The molecule has 0 spiro atoms. The van der Waals surface area contributed by atoms with E-state index in [0.29, 0.717) is 83.5 Å². The van der Waals surface area contributed by atoms with Crippen LogP contribution in [-0.4, -0.2) is 76.0 Å². The fourth-order valence-electron chi connectivity index (χ4n) is 7.33. The van der Waals surface area contributed by atoms with Crippen LogP contribution in [-0.2, 0) is 0 Å². The molecule has 7 heteroatoms. The molecule has 0 rings (SSSR count). The van der Waals surface area contributed by atoms with Crippen molar-refractivity contribution in [2.45, 2.75) is 244 Å². The van der Waals surface area contributed by atoms with Crippen LogP contribution in [0.5, 0.6) is 0 Å². The van der Waals surface area contributed by atoms with Crippen LogP contribution in [0, 0.1) is 0 Å². The van der Waals surface area contributed by atoms with E-state index in [1.54, 1.807) is 0 Å². The molecule has 52 heavy (non-hydrogen) atoms. The Bertz CT molecular complexity index is 1040. The van der Waals surface area contributed by atoms with Gasteiger partial charge in [0.2, 0.25) is 0 Å². The molecule has 0 unspecified atom stereocenters. The minimum atomic E-state index is -0.867. The largest absolute Gasteiger partial charge is 0.392 e. The molecule has 0 saturated heterocycles. The summed E-state index contributed by atoms with van der Waals surface area (Å²) in [6.07, 6.45) is 22.0. The van der Waals surface area contributed by atoms with Crippen molar-refractivity contribution >= 4 is 0 Å². The molecule has 7 nitrogen and oxygen atoms in total. The van der Waals surface area contributed by atoms with E-state index in [2.05, 4.69) is 32.9 Å². The molecule has 0 amide bonds. The van der Waals surface area contributed by atoms with Crippen LogP contribution in [0.25, 0.3) is 0 Å². The van der Waals surface area contributed by atoms with Crippen LogP contribution in [0.4, 0.5) is 0 Å². The first kappa shape index (κ1) is 50.9. The molecule has 0 aliphatic heterocycles. The van der Waals surface area contributed by atoms with E-state index in [0.717, 1.165) is 57.8 Å². The Balaban J connectivity index is 4.36. The molecule has 0 aromatic rings. The van der Waals surface area contributed by atoms with Gasteiger partial charge in [-0.3, -0.25) is 0 Å². The second-order valence-electron chi connectivity index (χ2n) is 18.7. The predicted molar refractivity (Wildman–Crippen MR) is 219 cm³/mol. The van der Waals surface area contributed by atoms with Crippen LogP contribution in [0.15, 0.2) is 34.9 Å². The van der Waals surface area contributed by atoms with E-state index in [-0.39, 0.29) is 6.61 Å². The summed E-state index contributed by atoms with van der Waals surface area (Å²) in [4.78, 5) is 0. The highest BCUT2D eigenvalue weighted by atomic mass is 16.3. The number of hydrogen-bond acceptors (Lipinski definition) is 7. The maximum absolute atomic E-state index is 11.0. The topological polar surface area (TPSA) is 142 Å². The van der Waals surface area contributed by atoms with E-state index < -0.39 is 33.6 Å². The summed E-state index contributed by atoms with van der Waals surface area (Å²) < 4.78 is 0. The van der Waals surface area contributed by atoms with Crippen molar-refractivity contribution < 1.29 is 35.7 Å². The summed E-state index contributed by atoms with van der Waals surface area (Å²) in [5.74, 6) is 0. The van der Waals surface area contributed by atoms with Crippen molar-refractivity contribution in [1.29, 1.82) is 0 Å². The summed E-state index contributed by atoms with van der Waals surface area (Å²) in [7, 11) is 0. The first-order valence-corrected chi connectivity index (χ1v) is 20.7. The van der Waals surface area contributed by atoms with Gasteiger partial charge in [0.15, 0.2) is 0 Å². The maximum atomic E-state index is 11.0. The predicted octanol–water partition coefficient (Wildman–Crippen LogP) is 9.93. The molecule has 0 fully saturated rings. The Morgan fingerprint density at radius 3 is 0.962 bits per heavy atom. The van der Waals surface area contributed by atoms with Crippen molar-refractivity contribution in [3.05, 3.63) is 34.9 Å². The summed E-state index contributed by atoms with van der Waals surface area (Å²) >= 11 is 0. The molecular formula is C45H86O7. The highest BCUT2D eigenvalue weighted by molar-refractivity contribution is 5.03. The standard InChI is InChI=1S/C45H86O7/c1-37(2)19-12-24-40(5,47)26-14-28-42(7,49)30-16-32-44(9,51)34-18-35-45(10,52)33-17-31-43(8,50)29-15-27-41(6,48)25-13-22-38(3)20-11-21-39(4)23-36-46/h19-20,23,46-52H,11-18,21-22,24-36H2,1-10H3/b38-20+,39-23+/t40-,41-,42-,43+,44-,45+/m0/s1. The van der Waals surface area contributed by atoms with Gasteiger partial charge in [0.25, 0.3) is 0 Å². The highest BCUT2D eigenvalue weighted by Gasteiger charge is 2.29. The second kappa shape index (κ2) is 24.5. The summed E-state index contributed by atoms with van der Waals surface area (Å²) in [6.45, 7) is 19.6. The second-order valence-corrected chi connectivity index (χ2v) is 18.7. The third-order valence-corrected chi connectivity index (χ3v) is 11.1. The lowest BCUT2D eigenvalue weighted by molar-refractivity contribution is -0.00728. The quantitative estimate of drug-likeness (QED) is 0.0351. The van der Waals surface area contributed by atoms with Gasteiger partial charge in [-0.25, -0.2) is 0 Å². The third kappa shape index (κ3) is 29.3. The molecule has 0 saturated carbocycles. The molecule has 308 valence electrons. The van der Waals surface area contributed by atoms with E-state index in [1.807, 2.05) is 54.5 Å². The Kier molecular flexibility index (Phi) is 24.0. The number of aliphatic hydroxyl groups excluding tert-OH is 1. The van der Waals surface area contributed by atoms with Gasteiger partial charge >= 0.3 is 0 Å². The zero-order chi connectivity index (χ0) is 40.1. The molecule has 6 atom stereocenters. The van der Waals surface area contributed by atoms with E-state index in [1.165, 1.54) is 16.7 Å². The van der Waals surface area contributed by atoms with Gasteiger partial charge in [0.05, 0.1) is 40.2 Å². The fraction of sp³-hybridized carbons (Fsp3) is 0.867. The van der Waals surface area contributed by atoms with E-state index >= 15 is 0 Å². The SMILES string of the molecule is CC(C)=CCC[C@](C)(O)CCC[C@](C)(O)CCC[C@](C)(O)CCC[C@](C)(O)CCC[C@](C)(O)CCC[C@@](C)(O)CCC/C(C)=C/CC/C(C)=C/CO. The number of rotatable bonds is 31. The molecule has 0 aromatic carbocycles. The molecule has 0 bridgehead atoms. The van der Waals surface area contributed by atoms with Crippen LogP contribution in [0.1, 0.15) is 210 Å². The molecular weight excluding hydrogens is 652 g/mol. The van der Waals surface area contributed by atoms with Crippen LogP contribution < -0.4 is 0 Å².